The van der Waals surface area contributed by atoms with E-state index < -0.39 is 4.92 Å². The first kappa shape index (κ1) is 10.7. The van der Waals surface area contributed by atoms with Crippen molar-refractivity contribution in [3.05, 3.63) is 28.3 Å². The van der Waals surface area contributed by atoms with Crippen LogP contribution in [0.3, 0.4) is 0 Å². The van der Waals surface area contributed by atoms with Crippen LogP contribution in [-0.4, -0.2) is 31.2 Å². The normalized spacial score (nSPS) is 15.3. The van der Waals surface area contributed by atoms with Crippen LogP contribution in [0.15, 0.2) is 18.2 Å². The first-order valence-electron chi connectivity index (χ1n) is 5.00. The Morgan fingerprint density at radius 1 is 1.56 bits per heavy atom. The molecular formula is C10H13N3O3. The van der Waals surface area contributed by atoms with Crippen molar-refractivity contribution in [1.82, 2.24) is 5.32 Å². The molecule has 1 aliphatic heterocycles. The number of benzene rings is 1. The number of ether oxygens (including phenoxy) is 1. The van der Waals surface area contributed by atoms with Crippen molar-refractivity contribution < 1.29 is 9.66 Å². The third kappa shape index (κ3) is 2.06. The summed E-state index contributed by atoms with van der Waals surface area (Å²) in [5.74, 6) is 0.280. The monoisotopic (exact) mass is 223 g/mol. The molecule has 0 atom stereocenters. The summed E-state index contributed by atoms with van der Waals surface area (Å²) in [6.45, 7) is 1.78. The molecule has 1 heterocycles. The summed E-state index contributed by atoms with van der Waals surface area (Å²) < 4.78 is 4.93. The van der Waals surface area contributed by atoms with Crippen molar-refractivity contribution in [2.45, 2.75) is 6.04 Å². The molecule has 0 bridgehead atoms. The SMILES string of the molecule is COc1ccc(NC2CNC2)cc1[N+](=O)[O-]. The van der Waals surface area contributed by atoms with Crippen molar-refractivity contribution in [1.29, 1.82) is 0 Å². The number of hydrogen-bond donors (Lipinski definition) is 2. The van der Waals surface area contributed by atoms with Gasteiger partial charge in [0.15, 0.2) is 5.75 Å². The Morgan fingerprint density at radius 3 is 2.81 bits per heavy atom. The number of nitro groups is 1. The summed E-state index contributed by atoms with van der Waals surface area (Å²) in [4.78, 5) is 10.3. The van der Waals surface area contributed by atoms with Crippen LogP contribution in [-0.2, 0) is 0 Å². The number of nitrogens with zero attached hydrogens (tertiary/aromatic N) is 1. The van der Waals surface area contributed by atoms with Crippen LogP contribution in [0.5, 0.6) is 5.75 Å². The molecule has 6 nitrogen and oxygen atoms in total. The predicted octanol–water partition coefficient (Wildman–Crippen LogP) is 0.987. The van der Waals surface area contributed by atoms with Gasteiger partial charge in [0.25, 0.3) is 0 Å². The van der Waals surface area contributed by atoms with E-state index in [1.807, 2.05) is 0 Å². The van der Waals surface area contributed by atoms with E-state index in [4.69, 9.17) is 4.74 Å². The molecule has 2 rings (SSSR count). The lowest BCUT2D eigenvalue weighted by atomic mass is 10.1. The van der Waals surface area contributed by atoms with Crippen LogP contribution in [0, 0.1) is 10.1 Å². The van der Waals surface area contributed by atoms with E-state index in [-0.39, 0.29) is 11.4 Å². The highest BCUT2D eigenvalue weighted by molar-refractivity contribution is 5.59. The number of hydrogen-bond acceptors (Lipinski definition) is 5. The largest absolute Gasteiger partial charge is 0.490 e. The molecule has 0 radical (unpaired) electrons. The Morgan fingerprint density at radius 2 is 2.31 bits per heavy atom. The van der Waals surface area contributed by atoms with E-state index in [0.29, 0.717) is 6.04 Å². The first-order valence-corrected chi connectivity index (χ1v) is 5.00. The molecule has 1 aromatic carbocycles. The third-order valence-electron chi connectivity index (χ3n) is 2.53. The average molecular weight is 223 g/mol. The number of anilines is 1. The molecule has 16 heavy (non-hydrogen) atoms. The van der Waals surface area contributed by atoms with Gasteiger partial charge in [0.1, 0.15) is 0 Å². The molecule has 1 aromatic rings. The van der Waals surface area contributed by atoms with Gasteiger partial charge >= 0.3 is 5.69 Å². The molecule has 1 aliphatic rings. The highest BCUT2D eigenvalue weighted by Crippen LogP contribution is 2.29. The van der Waals surface area contributed by atoms with Crippen molar-refractivity contribution in [3.8, 4) is 5.75 Å². The molecule has 6 heteroatoms. The molecule has 2 N–H and O–H groups in total. The fourth-order valence-electron chi connectivity index (χ4n) is 1.55. The standard InChI is InChI=1S/C10H13N3O3/c1-16-10-3-2-7(4-9(10)13(14)15)12-8-5-11-6-8/h2-4,8,11-12H,5-6H2,1H3. The zero-order valence-corrected chi connectivity index (χ0v) is 8.90. The predicted molar refractivity (Wildman–Crippen MR) is 59.9 cm³/mol. The molecule has 0 aromatic heterocycles. The van der Waals surface area contributed by atoms with Gasteiger partial charge in [-0.2, -0.15) is 0 Å². The van der Waals surface area contributed by atoms with E-state index in [9.17, 15) is 10.1 Å². The summed E-state index contributed by atoms with van der Waals surface area (Å²) in [5, 5.41) is 17.1. The van der Waals surface area contributed by atoms with Crippen molar-refractivity contribution in [3.63, 3.8) is 0 Å². The lowest BCUT2D eigenvalue weighted by Gasteiger charge is -2.28. The minimum atomic E-state index is -0.441. The summed E-state index contributed by atoms with van der Waals surface area (Å²) >= 11 is 0. The molecule has 0 spiro atoms. The van der Waals surface area contributed by atoms with Crippen LogP contribution in [0.4, 0.5) is 11.4 Å². The molecule has 0 unspecified atom stereocenters. The lowest BCUT2D eigenvalue weighted by Crippen LogP contribution is -2.51. The fourth-order valence-corrected chi connectivity index (χ4v) is 1.55. The lowest BCUT2D eigenvalue weighted by molar-refractivity contribution is -0.385. The van der Waals surface area contributed by atoms with E-state index in [0.717, 1.165) is 18.8 Å². The van der Waals surface area contributed by atoms with Gasteiger partial charge in [-0.15, -0.1) is 0 Å². The molecule has 86 valence electrons. The van der Waals surface area contributed by atoms with Gasteiger partial charge in [-0.3, -0.25) is 10.1 Å². The van der Waals surface area contributed by atoms with Gasteiger partial charge in [0.2, 0.25) is 0 Å². The zero-order valence-electron chi connectivity index (χ0n) is 8.90. The van der Waals surface area contributed by atoms with Crippen molar-refractivity contribution >= 4 is 11.4 Å². The second-order valence-corrected chi connectivity index (χ2v) is 3.64. The first-order chi connectivity index (χ1) is 7.70. The minimum absolute atomic E-state index is 0.0141. The molecular weight excluding hydrogens is 210 g/mol. The minimum Gasteiger partial charge on any atom is -0.490 e. The van der Waals surface area contributed by atoms with Gasteiger partial charge in [-0.25, -0.2) is 0 Å². The molecule has 0 saturated carbocycles. The molecule has 1 saturated heterocycles. The van der Waals surface area contributed by atoms with Crippen molar-refractivity contribution in [2.75, 3.05) is 25.5 Å². The van der Waals surface area contributed by atoms with Gasteiger partial charge in [-0.1, -0.05) is 0 Å². The number of nitro benzene ring substituents is 1. The number of rotatable bonds is 4. The maximum absolute atomic E-state index is 10.8. The van der Waals surface area contributed by atoms with Crippen LogP contribution in [0.2, 0.25) is 0 Å². The second-order valence-electron chi connectivity index (χ2n) is 3.64. The Balaban J connectivity index is 2.20. The third-order valence-corrected chi connectivity index (χ3v) is 2.53. The van der Waals surface area contributed by atoms with Gasteiger partial charge in [-0.05, 0) is 12.1 Å². The van der Waals surface area contributed by atoms with E-state index in [2.05, 4.69) is 10.6 Å². The van der Waals surface area contributed by atoms with Crippen molar-refractivity contribution in [2.24, 2.45) is 0 Å². The van der Waals surface area contributed by atoms with Gasteiger partial charge in [0.05, 0.1) is 18.1 Å². The molecule has 1 fully saturated rings. The summed E-state index contributed by atoms with van der Waals surface area (Å²) in [6.07, 6.45) is 0. The van der Waals surface area contributed by atoms with Crippen LogP contribution in [0.25, 0.3) is 0 Å². The number of nitrogens with one attached hydrogen (secondary N) is 2. The fraction of sp³-hybridized carbons (Fsp3) is 0.400. The van der Waals surface area contributed by atoms with Crippen LogP contribution in [0.1, 0.15) is 0 Å². The Bertz CT molecular complexity index is 404. The van der Waals surface area contributed by atoms with Gasteiger partial charge < -0.3 is 15.4 Å². The van der Waals surface area contributed by atoms with E-state index in [1.165, 1.54) is 13.2 Å². The smallest absolute Gasteiger partial charge is 0.312 e. The summed E-state index contributed by atoms with van der Waals surface area (Å²) in [6, 6.07) is 5.24. The second kappa shape index (κ2) is 4.36. The van der Waals surface area contributed by atoms with E-state index in [1.54, 1.807) is 12.1 Å². The Hall–Kier alpha value is -1.82. The maximum Gasteiger partial charge on any atom is 0.312 e. The quantitative estimate of drug-likeness (QED) is 0.588. The topological polar surface area (TPSA) is 76.4 Å². The molecule has 0 aliphatic carbocycles. The van der Waals surface area contributed by atoms with E-state index >= 15 is 0 Å². The molecule has 0 amide bonds. The Labute approximate surface area is 92.8 Å². The zero-order chi connectivity index (χ0) is 11.5. The van der Waals surface area contributed by atoms with Crippen LogP contribution >= 0.6 is 0 Å². The average Bonchev–Trinajstić information content (AvgIpc) is 2.23. The maximum atomic E-state index is 10.8. The number of methoxy groups -OCH3 is 1. The highest BCUT2D eigenvalue weighted by atomic mass is 16.6. The highest BCUT2D eigenvalue weighted by Gasteiger charge is 2.19. The summed E-state index contributed by atoms with van der Waals surface area (Å²) in [5.41, 5.74) is 0.735. The Kier molecular flexibility index (Phi) is 2.91. The van der Waals surface area contributed by atoms with Gasteiger partial charge in [0, 0.05) is 24.8 Å². The summed E-state index contributed by atoms with van der Waals surface area (Å²) in [7, 11) is 1.42. The van der Waals surface area contributed by atoms with Crippen LogP contribution < -0.4 is 15.4 Å².